The van der Waals surface area contributed by atoms with Crippen molar-refractivity contribution in [1.29, 1.82) is 0 Å². The average Bonchev–Trinajstić information content (AvgIpc) is 3.52. The quantitative estimate of drug-likeness (QED) is 0.669. The monoisotopic (exact) mass is 445 g/mol. The van der Waals surface area contributed by atoms with Crippen molar-refractivity contribution in [3.05, 3.63) is 54.5 Å². The molecule has 2 fully saturated rings. The Labute approximate surface area is 182 Å². The highest BCUT2D eigenvalue weighted by Gasteiger charge is 2.39. The van der Waals surface area contributed by atoms with Crippen molar-refractivity contribution in [3.8, 4) is 0 Å². The van der Waals surface area contributed by atoms with Crippen LogP contribution in [-0.2, 0) is 14.6 Å². The molecule has 1 unspecified atom stereocenters. The first-order chi connectivity index (χ1) is 15.0. The van der Waals surface area contributed by atoms with Crippen LogP contribution in [0.5, 0.6) is 0 Å². The molecule has 0 N–H and O–H groups in total. The fourth-order valence-corrected chi connectivity index (χ4v) is 5.49. The number of nitrogens with zero attached hydrogens (tertiary/aromatic N) is 3. The van der Waals surface area contributed by atoms with Gasteiger partial charge in [-0.2, -0.15) is 0 Å². The van der Waals surface area contributed by atoms with Gasteiger partial charge in [0.1, 0.15) is 6.04 Å². The van der Waals surface area contributed by atoms with E-state index in [0.717, 1.165) is 12.8 Å². The predicted molar refractivity (Wildman–Crippen MR) is 114 cm³/mol. The van der Waals surface area contributed by atoms with Gasteiger partial charge in [-0.05, 0) is 37.1 Å². The summed E-state index contributed by atoms with van der Waals surface area (Å²) in [4.78, 5) is 31.8. The van der Waals surface area contributed by atoms with Crippen molar-refractivity contribution in [1.82, 2.24) is 14.7 Å². The van der Waals surface area contributed by atoms with E-state index in [1.54, 1.807) is 52.3 Å². The zero-order valence-corrected chi connectivity index (χ0v) is 18.2. The Kier molecular flexibility index (Phi) is 6.43. The lowest BCUT2D eigenvalue weighted by Gasteiger charge is -2.41. The van der Waals surface area contributed by atoms with Crippen LogP contribution >= 0.6 is 0 Å². The highest BCUT2D eigenvalue weighted by atomic mass is 32.2. The highest BCUT2D eigenvalue weighted by Crippen LogP contribution is 2.20. The molecule has 1 atom stereocenters. The number of sulfone groups is 1. The van der Waals surface area contributed by atoms with Gasteiger partial charge in [0.05, 0.1) is 16.9 Å². The molecule has 4 rings (SSSR count). The van der Waals surface area contributed by atoms with Crippen LogP contribution in [0, 0.1) is 0 Å². The number of carbonyl (C=O) groups excluding carboxylic acids is 2. The second-order valence-electron chi connectivity index (χ2n) is 7.96. The Hall–Kier alpha value is -2.65. The number of benzene rings is 1. The van der Waals surface area contributed by atoms with Crippen LogP contribution < -0.4 is 0 Å². The molecule has 9 heteroatoms. The fourth-order valence-electron chi connectivity index (χ4n) is 4.18. The third-order valence-corrected chi connectivity index (χ3v) is 7.65. The lowest BCUT2D eigenvalue weighted by molar-refractivity contribution is -0.137. The first-order valence-corrected chi connectivity index (χ1v) is 12.2. The van der Waals surface area contributed by atoms with Crippen molar-refractivity contribution in [3.63, 3.8) is 0 Å². The molecule has 0 bridgehead atoms. The van der Waals surface area contributed by atoms with Gasteiger partial charge in [-0.15, -0.1) is 0 Å². The normalized spacial score (nSPS) is 20.2. The molecule has 1 aromatic carbocycles. The van der Waals surface area contributed by atoms with Gasteiger partial charge in [0, 0.05) is 39.3 Å². The Morgan fingerprint density at radius 3 is 2.39 bits per heavy atom. The summed E-state index contributed by atoms with van der Waals surface area (Å²) in [6.07, 6.45) is 3.36. The Bertz CT molecular complexity index is 1000. The maximum atomic E-state index is 13.2. The number of hydrogen-bond acceptors (Lipinski definition) is 6. The van der Waals surface area contributed by atoms with Gasteiger partial charge in [0.2, 0.25) is 5.91 Å². The first kappa shape index (κ1) is 21.6. The number of amides is 2. The second kappa shape index (κ2) is 9.23. The van der Waals surface area contributed by atoms with Gasteiger partial charge in [-0.1, -0.05) is 18.2 Å². The van der Waals surface area contributed by atoms with Crippen LogP contribution in [0.3, 0.4) is 0 Å². The van der Waals surface area contributed by atoms with Crippen molar-refractivity contribution in [2.75, 3.05) is 45.0 Å². The SMILES string of the molecule is O=C(C1CN(CCS(=O)(=O)c2ccccc2)CCN1C(=O)c1ccco1)N1CCCC1. The molecule has 8 nitrogen and oxygen atoms in total. The van der Waals surface area contributed by atoms with Crippen LogP contribution in [0.2, 0.25) is 0 Å². The second-order valence-corrected chi connectivity index (χ2v) is 10.1. The van der Waals surface area contributed by atoms with E-state index in [1.807, 2.05) is 4.90 Å². The van der Waals surface area contributed by atoms with E-state index in [2.05, 4.69) is 0 Å². The average molecular weight is 446 g/mol. The molecule has 0 aliphatic carbocycles. The third kappa shape index (κ3) is 4.83. The van der Waals surface area contributed by atoms with Crippen molar-refractivity contribution >= 4 is 21.7 Å². The largest absolute Gasteiger partial charge is 0.459 e. The Morgan fingerprint density at radius 2 is 1.71 bits per heavy atom. The zero-order chi connectivity index (χ0) is 21.8. The molecule has 2 amide bonds. The van der Waals surface area contributed by atoms with Gasteiger partial charge in [0.25, 0.3) is 5.91 Å². The molecule has 2 aromatic rings. The maximum absolute atomic E-state index is 13.2. The van der Waals surface area contributed by atoms with E-state index >= 15 is 0 Å². The molecule has 2 aliphatic heterocycles. The standard InChI is InChI=1S/C22H27N3O5S/c26-21(24-10-4-5-11-24)19-17-23(12-13-25(19)22(27)20-9-6-15-30-20)14-16-31(28,29)18-7-2-1-3-8-18/h1-3,6-9,15,19H,4-5,10-14,16-17H2. The lowest BCUT2D eigenvalue weighted by Crippen LogP contribution is -2.61. The van der Waals surface area contributed by atoms with E-state index in [9.17, 15) is 18.0 Å². The summed E-state index contributed by atoms with van der Waals surface area (Å²) in [6.45, 7) is 2.85. The Balaban J connectivity index is 1.47. The molecule has 2 saturated heterocycles. The number of hydrogen-bond donors (Lipinski definition) is 0. The van der Waals surface area contributed by atoms with Crippen LogP contribution in [0.4, 0.5) is 0 Å². The summed E-state index contributed by atoms with van der Waals surface area (Å²) in [7, 11) is -3.41. The van der Waals surface area contributed by atoms with E-state index in [4.69, 9.17) is 4.42 Å². The molecule has 0 spiro atoms. The minimum Gasteiger partial charge on any atom is -0.459 e. The number of furan rings is 1. The molecule has 166 valence electrons. The molecule has 31 heavy (non-hydrogen) atoms. The molecule has 2 aliphatic rings. The summed E-state index contributed by atoms with van der Waals surface area (Å²) in [5.41, 5.74) is 0. The van der Waals surface area contributed by atoms with Crippen LogP contribution in [0.1, 0.15) is 23.4 Å². The summed E-state index contributed by atoms with van der Waals surface area (Å²) in [5.74, 6) is -0.209. The zero-order valence-electron chi connectivity index (χ0n) is 17.4. The number of piperazine rings is 1. The van der Waals surface area contributed by atoms with Crippen molar-refractivity contribution in [2.45, 2.75) is 23.8 Å². The predicted octanol–water partition coefficient (Wildman–Crippen LogP) is 1.50. The summed E-state index contributed by atoms with van der Waals surface area (Å²) in [6, 6.07) is 11.0. The molecule has 0 radical (unpaired) electrons. The Morgan fingerprint density at radius 1 is 0.968 bits per heavy atom. The van der Waals surface area contributed by atoms with Gasteiger partial charge in [-0.3, -0.25) is 14.5 Å². The minimum atomic E-state index is -3.41. The number of likely N-dealkylation sites (tertiary alicyclic amines) is 1. The molecular weight excluding hydrogens is 418 g/mol. The summed E-state index contributed by atoms with van der Waals surface area (Å²) in [5, 5.41) is 0. The molecule has 3 heterocycles. The van der Waals surface area contributed by atoms with Gasteiger partial charge in [-0.25, -0.2) is 8.42 Å². The van der Waals surface area contributed by atoms with E-state index in [-0.39, 0.29) is 23.3 Å². The van der Waals surface area contributed by atoms with Gasteiger partial charge < -0.3 is 14.2 Å². The van der Waals surface area contributed by atoms with Crippen LogP contribution in [-0.4, -0.2) is 86.0 Å². The fraction of sp³-hybridized carbons (Fsp3) is 0.455. The summed E-state index contributed by atoms with van der Waals surface area (Å²) >= 11 is 0. The lowest BCUT2D eigenvalue weighted by atomic mass is 10.1. The van der Waals surface area contributed by atoms with Gasteiger partial charge in [0.15, 0.2) is 15.6 Å². The molecular formula is C22H27N3O5S. The van der Waals surface area contributed by atoms with Crippen LogP contribution in [0.25, 0.3) is 0 Å². The van der Waals surface area contributed by atoms with Crippen LogP contribution in [0.15, 0.2) is 58.0 Å². The first-order valence-electron chi connectivity index (χ1n) is 10.6. The van der Waals surface area contributed by atoms with Crippen molar-refractivity contribution in [2.24, 2.45) is 0 Å². The highest BCUT2D eigenvalue weighted by molar-refractivity contribution is 7.91. The van der Waals surface area contributed by atoms with E-state index < -0.39 is 15.9 Å². The third-order valence-electron chi connectivity index (χ3n) is 5.94. The van der Waals surface area contributed by atoms with Crippen molar-refractivity contribution < 1.29 is 22.4 Å². The summed E-state index contributed by atoms with van der Waals surface area (Å²) < 4.78 is 30.6. The maximum Gasteiger partial charge on any atom is 0.290 e. The number of rotatable bonds is 6. The molecule has 0 saturated carbocycles. The number of carbonyl (C=O) groups is 2. The van der Waals surface area contributed by atoms with E-state index in [0.29, 0.717) is 44.2 Å². The van der Waals surface area contributed by atoms with E-state index in [1.165, 1.54) is 6.26 Å². The minimum absolute atomic E-state index is 0.0340. The topological polar surface area (TPSA) is 91.1 Å². The smallest absolute Gasteiger partial charge is 0.290 e. The van der Waals surface area contributed by atoms with Gasteiger partial charge >= 0.3 is 0 Å². The molecule has 1 aromatic heterocycles.